The van der Waals surface area contributed by atoms with Crippen LogP contribution in [-0.4, -0.2) is 69.0 Å². The number of amides is 1. The molecule has 11 atom stereocenters. The van der Waals surface area contributed by atoms with Crippen molar-refractivity contribution in [3.05, 3.63) is 0 Å². The van der Waals surface area contributed by atoms with Crippen LogP contribution in [0.3, 0.4) is 0 Å². The Morgan fingerprint density at radius 2 is 1.76 bits per heavy atom. The summed E-state index contributed by atoms with van der Waals surface area (Å²) in [5, 5.41) is 33.4. The third-order valence-corrected chi connectivity index (χ3v) is 12.6. The van der Waals surface area contributed by atoms with E-state index in [0.717, 1.165) is 76.0 Å². The van der Waals surface area contributed by atoms with E-state index in [1.807, 2.05) is 16.7 Å². The van der Waals surface area contributed by atoms with Crippen molar-refractivity contribution in [2.45, 2.75) is 96.9 Å². The Kier molecular flexibility index (Phi) is 7.11. The summed E-state index contributed by atoms with van der Waals surface area (Å²) in [5.41, 5.74) is -0.0575. The fourth-order valence-corrected chi connectivity index (χ4v) is 10.6. The number of aliphatic hydroxyl groups excluding tert-OH is 3. The van der Waals surface area contributed by atoms with Crippen LogP contribution < -0.4 is 0 Å². The topological polar surface area (TPSA) is 81.0 Å². The highest BCUT2D eigenvalue weighted by Gasteiger charge is 2.65. The Hall–Kier alpha value is -0.300. The first-order valence-electron chi connectivity index (χ1n) is 14.1. The summed E-state index contributed by atoms with van der Waals surface area (Å²) in [6.07, 6.45) is 7.06. The molecule has 194 valence electrons. The Bertz CT molecular complexity index is 759. The molecule has 5 rings (SSSR count). The Morgan fingerprint density at radius 3 is 2.50 bits per heavy atom. The number of rotatable bonds is 4. The molecule has 4 saturated carbocycles. The average Bonchev–Trinajstić information content (AvgIpc) is 3.18. The molecular formula is C28H47NO4S. The highest BCUT2D eigenvalue weighted by molar-refractivity contribution is 7.99. The zero-order chi connectivity index (χ0) is 24.3. The summed E-state index contributed by atoms with van der Waals surface area (Å²) in [6, 6.07) is 0. The Balaban J connectivity index is 1.30. The molecule has 11 unspecified atom stereocenters. The van der Waals surface area contributed by atoms with E-state index in [0.29, 0.717) is 41.9 Å². The van der Waals surface area contributed by atoms with E-state index in [2.05, 4.69) is 20.8 Å². The maximum atomic E-state index is 12.8. The average molecular weight is 494 g/mol. The second-order valence-corrected chi connectivity index (χ2v) is 14.3. The van der Waals surface area contributed by atoms with E-state index in [1.54, 1.807) is 0 Å². The summed E-state index contributed by atoms with van der Waals surface area (Å²) >= 11 is 1.93. The van der Waals surface area contributed by atoms with Crippen molar-refractivity contribution in [1.82, 2.24) is 4.90 Å². The van der Waals surface area contributed by atoms with Crippen molar-refractivity contribution in [1.29, 1.82) is 0 Å². The summed E-state index contributed by atoms with van der Waals surface area (Å²) < 4.78 is 0. The number of aliphatic hydroxyl groups is 3. The predicted molar refractivity (Wildman–Crippen MR) is 136 cm³/mol. The fourth-order valence-electron chi connectivity index (χ4n) is 9.65. The van der Waals surface area contributed by atoms with Crippen LogP contribution in [-0.2, 0) is 4.79 Å². The molecule has 3 N–H and O–H groups in total. The lowest BCUT2D eigenvalue weighted by Gasteiger charge is -2.63. The van der Waals surface area contributed by atoms with Crippen LogP contribution in [0.1, 0.15) is 78.6 Å². The van der Waals surface area contributed by atoms with E-state index in [4.69, 9.17) is 0 Å². The molecule has 4 aliphatic carbocycles. The van der Waals surface area contributed by atoms with Crippen LogP contribution in [0.4, 0.5) is 0 Å². The van der Waals surface area contributed by atoms with Crippen molar-refractivity contribution in [2.24, 2.45) is 46.3 Å². The monoisotopic (exact) mass is 493 g/mol. The molecular weight excluding hydrogens is 446 g/mol. The number of hydrogen-bond donors (Lipinski definition) is 3. The van der Waals surface area contributed by atoms with Gasteiger partial charge in [0.05, 0.1) is 18.3 Å². The van der Waals surface area contributed by atoms with Crippen molar-refractivity contribution in [2.75, 3.05) is 24.6 Å². The third-order valence-electron chi connectivity index (χ3n) is 11.7. The van der Waals surface area contributed by atoms with E-state index >= 15 is 0 Å². The first-order valence-corrected chi connectivity index (χ1v) is 15.2. The van der Waals surface area contributed by atoms with Gasteiger partial charge in [0.15, 0.2) is 0 Å². The molecule has 0 radical (unpaired) electrons. The quantitative estimate of drug-likeness (QED) is 0.553. The summed E-state index contributed by atoms with van der Waals surface area (Å²) in [7, 11) is 0. The number of nitrogens with zero attached hydrogens (tertiary/aromatic N) is 1. The predicted octanol–water partition coefficient (Wildman–Crippen LogP) is 3.94. The molecule has 5 aliphatic rings. The molecule has 1 saturated heterocycles. The lowest BCUT2D eigenvalue weighted by atomic mass is 9.43. The molecule has 6 heteroatoms. The summed E-state index contributed by atoms with van der Waals surface area (Å²) in [4.78, 5) is 14.8. The van der Waals surface area contributed by atoms with Gasteiger partial charge in [-0.15, -0.1) is 0 Å². The summed E-state index contributed by atoms with van der Waals surface area (Å²) in [5.74, 6) is 4.53. The maximum Gasteiger partial charge on any atom is 0.222 e. The van der Waals surface area contributed by atoms with Gasteiger partial charge in [-0.25, -0.2) is 0 Å². The molecule has 1 heterocycles. The summed E-state index contributed by atoms with van der Waals surface area (Å²) in [6.45, 7) is 8.77. The standard InChI is InChI=1S/C28H47NO4S/c1-17(4-7-25(33)29-10-12-34-13-11-29)20-5-6-21-26-22(16-24(32)28(20,21)3)27(2)9-8-19(30)14-18(27)15-23(26)31/h17-24,26,30-32H,4-16H2,1-3H3. The van der Waals surface area contributed by atoms with Crippen LogP contribution in [0, 0.1) is 46.3 Å². The maximum absolute atomic E-state index is 12.8. The zero-order valence-corrected chi connectivity index (χ0v) is 22.3. The molecule has 34 heavy (non-hydrogen) atoms. The lowest BCUT2D eigenvalue weighted by Crippen LogP contribution is -2.62. The normalized spacial score (nSPS) is 49.6. The van der Waals surface area contributed by atoms with Gasteiger partial charge in [-0.3, -0.25) is 4.79 Å². The van der Waals surface area contributed by atoms with Crippen LogP contribution in [0.25, 0.3) is 0 Å². The van der Waals surface area contributed by atoms with Crippen LogP contribution in [0.15, 0.2) is 0 Å². The number of thioether (sulfide) groups is 1. The molecule has 0 bridgehead atoms. The minimum absolute atomic E-state index is 0.119. The highest BCUT2D eigenvalue weighted by Crippen LogP contribution is 2.68. The van der Waals surface area contributed by atoms with Gasteiger partial charge in [0.2, 0.25) is 5.91 Å². The van der Waals surface area contributed by atoms with Gasteiger partial charge < -0.3 is 20.2 Å². The van der Waals surface area contributed by atoms with Crippen molar-refractivity contribution in [3.8, 4) is 0 Å². The first kappa shape index (κ1) is 25.4. The van der Waals surface area contributed by atoms with E-state index in [-0.39, 0.29) is 35.1 Å². The second kappa shape index (κ2) is 9.54. The van der Waals surface area contributed by atoms with Crippen LogP contribution in [0.2, 0.25) is 0 Å². The molecule has 0 spiro atoms. The molecule has 5 fully saturated rings. The smallest absolute Gasteiger partial charge is 0.222 e. The molecule has 0 aromatic heterocycles. The van der Waals surface area contributed by atoms with Crippen molar-refractivity contribution < 1.29 is 20.1 Å². The molecule has 0 aromatic rings. The number of hydrogen-bond acceptors (Lipinski definition) is 5. The molecule has 5 nitrogen and oxygen atoms in total. The van der Waals surface area contributed by atoms with Gasteiger partial charge in [-0.05, 0) is 97.7 Å². The van der Waals surface area contributed by atoms with E-state index < -0.39 is 0 Å². The molecule has 1 amide bonds. The molecule has 1 aliphatic heterocycles. The van der Waals surface area contributed by atoms with E-state index in [9.17, 15) is 20.1 Å². The minimum Gasteiger partial charge on any atom is -0.393 e. The fraction of sp³-hybridized carbons (Fsp3) is 0.964. The van der Waals surface area contributed by atoms with Crippen LogP contribution in [0.5, 0.6) is 0 Å². The molecule has 0 aromatic carbocycles. The Morgan fingerprint density at radius 1 is 1.03 bits per heavy atom. The van der Waals surface area contributed by atoms with Gasteiger partial charge in [-0.2, -0.15) is 11.8 Å². The van der Waals surface area contributed by atoms with Gasteiger partial charge in [0.25, 0.3) is 0 Å². The largest absolute Gasteiger partial charge is 0.393 e. The van der Waals surface area contributed by atoms with Gasteiger partial charge in [-0.1, -0.05) is 20.8 Å². The third kappa shape index (κ3) is 4.07. The number of carbonyl (C=O) groups excluding carboxylic acids is 1. The van der Waals surface area contributed by atoms with Crippen molar-refractivity contribution >= 4 is 17.7 Å². The van der Waals surface area contributed by atoms with Crippen LogP contribution >= 0.6 is 11.8 Å². The highest BCUT2D eigenvalue weighted by atomic mass is 32.2. The number of fused-ring (bicyclic) bond motifs is 5. The SMILES string of the molecule is CC(CCC(=O)N1CCSCC1)C1CCC2C3C(O)CC4CC(O)CCC4(C)C3CC(O)C12C. The van der Waals surface area contributed by atoms with Gasteiger partial charge in [0.1, 0.15) is 0 Å². The second-order valence-electron chi connectivity index (χ2n) is 13.0. The minimum atomic E-state index is -0.349. The lowest BCUT2D eigenvalue weighted by molar-refractivity contribution is -0.207. The van der Waals surface area contributed by atoms with E-state index in [1.165, 1.54) is 0 Å². The van der Waals surface area contributed by atoms with Gasteiger partial charge >= 0.3 is 0 Å². The van der Waals surface area contributed by atoms with Gasteiger partial charge in [0, 0.05) is 31.0 Å². The first-order chi connectivity index (χ1) is 16.2. The zero-order valence-electron chi connectivity index (χ0n) is 21.5. The Labute approximate surface area is 210 Å². The number of carbonyl (C=O) groups is 1. The van der Waals surface area contributed by atoms with Crippen molar-refractivity contribution in [3.63, 3.8) is 0 Å².